The molecule has 0 fully saturated rings. The van der Waals surface area contributed by atoms with Crippen molar-refractivity contribution in [3.8, 4) is 0 Å². The van der Waals surface area contributed by atoms with Gasteiger partial charge < -0.3 is 10.7 Å². The van der Waals surface area contributed by atoms with Gasteiger partial charge in [0, 0.05) is 12.1 Å². The predicted molar refractivity (Wildman–Crippen MR) is 60.6 cm³/mol. The highest BCUT2D eigenvalue weighted by Crippen LogP contribution is 2.10. The zero-order chi connectivity index (χ0) is 10.7. The number of aromatic amines is 1. The smallest absolute Gasteiger partial charge is 0.177 e. The van der Waals surface area contributed by atoms with Crippen LogP contribution in [0.1, 0.15) is 24.4 Å². The molecule has 80 valence electrons. The summed E-state index contributed by atoms with van der Waals surface area (Å²) in [6, 6.07) is 4.02. The van der Waals surface area contributed by atoms with Gasteiger partial charge in [-0.15, -0.1) is 0 Å². The number of hydrogen-bond donors (Lipinski definition) is 2. The van der Waals surface area contributed by atoms with Crippen LogP contribution < -0.4 is 5.73 Å². The summed E-state index contributed by atoms with van der Waals surface area (Å²) in [5.41, 5.74) is 8.28. The van der Waals surface area contributed by atoms with E-state index >= 15 is 0 Å². The zero-order valence-electron chi connectivity index (χ0n) is 8.95. The first-order valence-electron chi connectivity index (χ1n) is 5.32. The van der Waals surface area contributed by atoms with Gasteiger partial charge in [0.2, 0.25) is 0 Å². The Morgan fingerprint density at radius 2 is 2.13 bits per heavy atom. The lowest BCUT2D eigenvalue weighted by atomic mass is 10.2. The van der Waals surface area contributed by atoms with Crippen molar-refractivity contribution in [2.24, 2.45) is 5.73 Å². The molecule has 0 atom stereocenters. The van der Waals surface area contributed by atoms with Crippen LogP contribution in [-0.4, -0.2) is 21.5 Å². The Balaban J connectivity index is 2.16. The number of nitrogens with two attached hydrogens (primary N) is 1. The van der Waals surface area contributed by atoms with E-state index in [0.717, 1.165) is 48.5 Å². The molecule has 2 aromatic rings. The molecule has 0 aliphatic carbocycles. The number of aryl methyl sites for hydroxylation is 2. The Hall–Kier alpha value is -1.42. The van der Waals surface area contributed by atoms with Crippen molar-refractivity contribution in [3.05, 3.63) is 23.7 Å². The molecule has 4 heteroatoms. The third-order valence-corrected chi connectivity index (χ3v) is 2.40. The lowest BCUT2D eigenvalue weighted by Gasteiger charge is -1.93. The topological polar surface area (TPSA) is 67.6 Å². The van der Waals surface area contributed by atoms with E-state index in [0.29, 0.717) is 0 Å². The van der Waals surface area contributed by atoms with Crippen LogP contribution in [0, 0.1) is 6.92 Å². The minimum atomic E-state index is 0.748. The van der Waals surface area contributed by atoms with Crippen LogP contribution in [0.15, 0.2) is 12.1 Å². The first-order valence-corrected chi connectivity index (χ1v) is 5.32. The average Bonchev–Trinajstić information content (AvgIpc) is 2.60. The van der Waals surface area contributed by atoms with E-state index in [-0.39, 0.29) is 0 Å². The van der Waals surface area contributed by atoms with E-state index < -0.39 is 0 Å². The monoisotopic (exact) mass is 204 g/mol. The van der Waals surface area contributed by atoms with Gasteiger partial charge in [-0.05, 0) is 38.4 Å². The molecule has 3 N–H and O–H groups in total. The maximum atomic E-state index is 5.44. The molecule has 2 aromatic heterocycles. The van der Waals surface area contributed by atoms with Gasteiger partial charge in [-0.25, -0.2) is 9.97 Å². The maximum absolute atomic E-state index is 5.44. The van der Waals surface area contributed by atoms with Gasteiger partial charge in [-0.1, -0.05) is 0 Å². The molecular weight excluding hydrogens is 188 g/mol. The van der Waals surface area contributed by atoms with E-state index in [1.807, 2.05) is 19.1 Å². The first kappa shape index (κ1) is 10.1. The van der Waals surface area contributed by atoms with Crippen molar-refractivity contribution in [1.29, 1.82) is 0 Å². The highest BCUT2D eigenvalue weighted by molar-refractivity contribution is 5.70. The number of aromatic nitrogens is 3. The summed E-state index contributed by atoms with van der Waals surface area (Å²) >= 11 is 0. The number of hydrogen-bond acceptors (Lipinski definition) is 3. The molecule has 0 aliphatic heterocycles. The number of unbranched alkanes of at least 4 members (excludes halogenated alkanes) is 1. The fourth-order valence-corrected chi connectivity index (χ4v) is 1.59. The van der Waals surface area contributed by atoms with Crippen molar-refractivity contribution in [1.82, 2.24) is 15.0 Å². The molecular formula is C11H16N4. The third-order valence-electron chi connectivity index (χ3n) is 2.40. The Morgan fingerprint density at radius 1 is 1.27 bits per heavy atom. The van der Waals surface area contributed by atoms with Gasteiger partial charge in [-0.3, -0.25) is 0 Å². The number of pyridine rings is 1. The summed E-state index contributed by atoms with van der Waals surface area (Å²) in [6.45, 7) is 2.72. The SMILES string of the molecule is Cc1ccc2[nH]c(CCCCN)nc2n1. The Kier molecular flexibility index (Phi) is 2.97. The summed E-state index contributed by atoms with van der Waals surface area (Å²) in [7, 11) is 0. The van der Waals surface area contributed by atoms with Gasteiger partial charge in [0.05, 0.1) is 5.52 Å². The third kappa shape index (κ3) is 2.33. The Labute approximate surface area is 88.9 Å². The highest BCUT2D eigenvalue weighted by atomic mass is 15.0. The lowest BCUT2D eigenvalue weighted by molar-refractivity contribution is 0.724. The molecule has 0 aliphatic rings. The lowest BCUT2D eigenvalue weighted by Crippen LogP contribution is -1.99. The second kappa shape index (κ2) is 4.40. The molecule has 0 spiro atoms. The molecule has 2 heterocycles. The van der Waals surface area contributed by atoms with E-state index in [2.05, 4.69) is 15.0 Å². The van der Waals surface area contributed by atoms with Crippen LogP contribution in [-0.2, 0) is 6.42 Å². The van der Waals surface area contributed by atoms with Crippen molar-refractivity contribution >= 4 is 11.2 Å². The number of rotatable bonds is 4. The van der Waals surface area contributed by atoms with Gasteiger partial charge in [0.15, 0.2) is 5.65 Å². The minimum absolute atomic E-state index is 0.748. The summed E-state index contributed by atoms with van der Waals surface area (Å²) in [6.07, 6.45) is 3.07. The molecule has 15 heavy (non-hydrogen) atoms. The van der Waals surface area contributed by atoms with Crippen molar-refractivity contribution in [2.75, 3.05) is 6.54 Å². The molecule has 0 saturated carbocycles. The minimum Gasteiger partial charge on any atom is -0.341 e. The van der Waals surface area contributed by atoms with Crippen molar-refractivity contribution in [3.63, 3.8) is 0 Å². The standard InChI is InChI=1S/C11H16N4/c1-8-5-6-9-11(13-8)15-10(14-9)4-2-3-7-12/h5-6H,2-4,7,12H2,1H3,(H,13,14,15). The molecule has 0 saturated heterocycles. The quantitative estimate of drug-likeness (QED) is 0.742. The highest BCUT2D eigenvalue weighted by Gasteiger charge is 2.03. The predicted octanol–water partition coefficient (Wildman–Crippen LogP) is 1.55. The second-order valence-corrected chi connectivity index (χ2v) is 3.75. The van der Waals surface area contributed by atoms with Gasteiger partial charge >= 0.3 is 0 Å². The summed E-state index contributed by atoms with van der Waals surface area (Å²) < 4.78 is 0. The Bertz CT molecular complexity index is 447. The largest absolute Gasteiger partial charge is 0.341 e. The fraction of sp³-hybridized carbons (Fsp3) is 0.455. The second-order valence-electron chi connectivity index (χ2n) is 3.75. The van der Waals surface area contributed by atoms with Crippen molar-refractivity contribution < 1.29 is 0 Å². The van der Waals surface area contributed by atoms with Gasteiger partial charge in [-0.2, -0.15) is 0 Å². The molecule has 0 aromatic carbocycles. The van der Waals surface area contributed by atoms with E-state index in [9.17, 15) is 0 Å². The Morgan fingerprint density at radius 3 is 2.93 bits per heavy atom. The normalized spacial score (nSPS) is 11.1. The number of fused-ring (bicyclic) bond motifs is 1. The van der Waals surface area contributed by atoms with Gasteiger partial charge in [0.25, 0.3) is 0 Å². The molecule has 0 unspecified atom stereocenters. The van der Waals surface area contributed by atoms with E-state index in [4.69, 9.17) is 5.73 Å². The van der Waals surface area contributed by atoms with E-state index in [1.54, 1.807) is 0 Å². The first-order chi connectivity index (χ1) is 7.29. The van der Waals surface area contributed by atoms with E-state index in [1.165, 1.54) is 0 Å². The molecule has 2 rings (SSSR count). The van der Waals surface area contributed by atoms with Crippen molar-refractivity contribution in [2.45, 2.75) is 26.2 Å². The molecule has 0 amide bonds. The van der Waals surface area contributed by atoms with Crippen LogP contribution in [0.5, 0.6) is 0 Å². The molecule has 0 radical (unpaired) electrons. The molecule has 0 bridgehead atoms. The van der Waals surface area contributed by atoms with Crippen LogP contribution in [0.2, 0.25) is 0 Å². The number of H-pyrrole nitrogens is 1. The van der Waals surface area contributed by atoms with Crippen LogP contribution >= 0.6 is 0 Å². The fourth-order valence-electron chi connectivity index (χ4n) is 1.59. The number of nitrogens with one attached hydrogen (secondary N) is 1. The zero-order valence-corrected chi connectivity index (χ0v) is 8.95. The average molecular weight is 204 g/mol. The summed E-state index contributed by atoms with van der Waals surface area (Å²) in [5.74, 6) is 1.01. The van der Waals surface area contributed by atoms with Crippen LogP contribution in [0.4, 0.5) is 0 Å². The van der Waals surface area contributed by atoms with Crippen LogP contribution in [0.3, 0.4) is 0 Å². The summed E-state index contributed by atoms with van der Waals surface area (Å²) in [4.78, 5) is 12.1. The summed E-state index contributed by atoms with van der Waals surface area (Å²) in [5, 5.41) is 0. The number of nitrogens with zero attached hydrogens (tertiary/aromatic N) is 2. The molecule has 4 nitrogen and oxygen atoms in total. The maximum Gasteiger partial charge on any atom is 0.177 e. The van der Waals surface area contributed by atoms with Crippen LogP contribution in [0.25, 0.3) is 11.2 Å². The number of imidazole rings is 1. The van der Waals surface area contributed by atoms with Gasteiger partial charge in [0.1, 0.15) is 5.82 Å².